The van der Waals surface area contributed by atoms with Crippen LogP contribution in [-0.4, -0.2) is 14.8 Å². The highest BCUT2D eigenvalue weighted by molar-refractivity contribution is 8.00. The van der Waals surface area contributed by atoms with Crippen molar-refractivity contribution < 1.29 is 5.11 Å². The second-order valence-electron chi connectivity index (χ2n) is 5.03. The Morgan fingerprint density at radius 2 is 2.06 bits per heavy atom. The molecule has 90 valence electrons. The minimum atomic E-state index is -0.389. The maximum Gasteiger partial charge on any atom is 0.0994 e. The van der Waals surface area contributed by atoms with Crippen LogP contribution in [0, 0.1) is 6.92 Å². The van der Waals surface area contributed by atoms with Crippen LogP contribution in [0.5, 0.6) is 0 Å². The fourth-order valence-corrected chi connectivity index (χ4v) is 2.30. The van der Waals surface area contributed by atoms with Gasteiger partial charge >= 0.3 is 0 Å². The predicted octanol–water partition coefficient (Wildman–Crippen LogP) is 3.72. The lowest BCUT2D eigenvalue weighted by molar-refractivity contribution is 0.173. The molecule has 0 bridgehead atoms. The van der Waals surface area contributed by atoms with E-state index in [9.17, 15) is 5.11 Å². The van der Waals surface area contributed by atoms with E-state index in [-0.39, 0.29) is 10.9 Å². The number of rotatable bonds is 3. The van der Waals surface area contributed by atoms with Gasteiger partial charge in [-0.1, -0.05) is 27.7 Å². The zero-order valence-electron chi connectivity index (χ0n) is 10.7. The van der Waals surface area contributed by atoms with Gasteiger partial charge in [-0.3, -0.25) is 0 Å². The second-order valence-corrected chi connectivity index (χ2v) is 6.84. The first-order valence-electron chi connectivity index (χ1n) is 5.67. The largest absolute Gasteiger partial charge is 0.388 e. The van der Waals surface area contributed by atoms with Gasteiger partial charge in [-0.05, 0) is 30.5 Å². The summed E-state index contributed by atoms with van der Waals surface area (Å²) in [5.74, 6) is 0. The highest BCUT2D eigenvalue weighted by Gasteiger charge is 2.15. The Morgan fingerprint density at radius 1 is 1.44 bits per heavy atom. The molecule has 2 nitrogen and oxygen atoms in total. The molecule has 0 radical (unpaired) electrons. The van der Waals surface area contributed by atoms with Gasteiger partial charge in [0.1, 0.15) is 0 Å². The van der Waals surface area contributed by atoms with Gasteiger partial charge in [0.25, 0.3) is 0 Å². The lowest BCUT2D eigenvalue weighted by Gasteiger charge is -2.19. The molecule has 1 aromatic heterocycles. The molecule has 16 heavy (non-hydrogen) atoms. The van der Waals surface area contributed by atoms with Crippen molar-refractivity contribution in [1.82, 2.24) is 4.98 Å². The van der Waals surface area contributed by atoms with Crippen LogP contribution in [0.25, 0.3) is 0 Å². The molecule has 1 N–H and O–H groups in total. The third-order valence-corrected chi connectivity index (χ3v) is 3.46. The number of aliphatic hydroxyl groups is 1. The quantitative estimate of drug-likeness (QED) is 0.816. The first kappa shape index (κ1) is 13.5. The smallest absolute Gasteiger partial charge is 0.0994 e. The molecule has 0 amide bonds. The van der Waals surface area contributed by atoms with Crippen molar-refractivity contribution in [2.45, 2.75) is 56.9 Å². The number of pyridine rings is 1. The molecule has 1 aromatic rings. The molecule has 0 saturated heterocycles. The monoisotopic (exact) mass is 239 g/mol. The van der Waals surface area contributed by atoms with Crippen LogP contribution in [0.15, 0.2) is 17.3 Å². The van der Waals surface area contributed by atoms with E-state index in [1.165, 1.54) is 0 Å². The number of aryl methyl sites for hydroxylation is 1. The van der Waals surface area contributed by atoms with Crippen LogP contribution >= 0.6 is 11.8 Å². The summed E-state index contributed by atoms with van der Waals surface area (Å²) in [5, 5.41) is 10.8. The highest BCUT2D eigenvalue weighted by atomic mass is 32.2. The normalized spacial score (nSPS) is 13.9. The fourth-order valence-electron chi connectivity index (χ4n) is 1.40. The number of aromatic nitrogens is 1. The standard InChI is InChI=1S/C13H21NOS/c1-6-11(15)10-7-9(2)12(14-8-10)16-13(3,4)5/h7-8,11,15H,6H2,1-5H3/t11-/m1/s1. The van der Waals surface area contributed by atoms with Crippen LogP contribution in [0.2, 0.25) is 0 Å². The third-order valence-electron chi connectivity index (χ3n) is 2.23. The van der Waals surface area contributed by atoms with Crippen molar-refractivity contribution in [3.63, 3.8) is 0 Å². The van der Waals surface area contributed by atoms with E-state index in [4.69, 9.17) is 0 Å². The molecule has 0 unspecified atom stereocenters. The molecule has 0 aliphatic carbocycles. The zero-order valence-corrected chi connectivity index (χ0v) is 11.6. The number of nitrogens with zero attached hydrogens (tertiary/aromatic N) is 1. The first-order valence-corrected chi connectivity index (χ1v) is 6.48. The summed E-state index contributed by atoms with van der Waals surface area (Å²) < 4.78 is 0.169. The minimum Gasteiger partial charge on any atom is -0.388 e. The van der Waals surface area contributed by atoms with E-state index < -0.39 is 0 Å². The van der Waals surface area contributed by atoms with Gasteiger partial charge < -0.3 is 5.11 Å². The lowest BCUT2D eigenvalue weighted by atomic mass is 10.1. The van der Waals surface area contributed by atoms with Crippen LogP contribution in [0.3, 0.4) is 0 Å². The van der Waals surface area contributed by atoms with Crippen molar-refractivity contribution in [2.24, 2.45) is 0 Å². The molecular weight excluding hydrogens is 218 g/mol. The van der Waals surface area contributed by atoms with Crippen LogP contribution in [0.4, 0.5) is 0 Å². The van der Waals surface area contributed by atoms with Gasteiger partial charge in [0.15, 0.2) is 0 Å². The van der Waals surface area contributed by atoms with E-state index >= 15 is 0 Å². The summed E-state index contributed by atoms with van der Waals surface area (Å²) in [4.78, 5) is 4.44. The summed E-state index contributed by atoms with van der Waals surface area (Å²) in [6, 6.07) is 2.04. The predicted molar refractivity (Wildman–Crippen MR) is 69.8 cm³/mol. The van der Waals surface area contributed by atoms with E-state index in [2.05, 4.69) is 25.8 Å². The molecule has 1 heterocycles. The van der Waals surface area contributed by atoms with Crippen molar-refractivity contribution >= 4 is 11.8 Å². The van der Waals surface area contributed by atoms with Crippen molar-refractivity contribution in [2.75, 3.05) is 0 Å². The van der Waals surface area contributed by atoms with Crippen LogP contribution < -0.4 is 0 Å². The Hall–Kier alpha value is -0.540. The molecule has 0 fully saturated rings. The van der Waals surface area contributed by atoms with Crippen LogP contribution in [0.1, 0.15) is 51.3 Å². The van der Waals surface area contributed by atoms with Gasteiger partial charge in [0.05, 0.1) is 11.1 Å². The van der Waals surface area contributed by atoms with Crippen molar-refractivity contribution in [1.29, 1.82) is 0 Å². The lowest BCUT2D eigenvalue weighted by Crippen LogP contribution is -2.08. The van der Waals surface area contributed by atoms with Gasteiger partial charge in [-0.15, -0.1) is 11.8 Å². The van der Waals surface area contributed by atoms with Gasteiger partial charge in [0.2, 0.25) is 0 Å². The summed E-state index contributed by atoms with van der Waals surface area (Å²) in [5.41, 5.74) is 2.06. The topological polar surface area (TPSA) is 33.1 Å². The number of aliphatic hydroxyl groups excluding tert-OH is 1. The minimum absolute atomic E-state index is 0.169. The summed E-state index contributed by atoms with van der Waals surface area (Å²) >= 11 is 1.76. The van der Waals surface area contributed by atoms with E-state index in [0.29, 0.717) is 0 Å². The number of thioether (sulfide) groups is 1. The van der Waals surface area contributed by atoms with Crippen molar-refractivity contribution in [3.8, 4) is 0 Å². The van der Waals surface area contributed by atoms with E-state index in [0.717, 1.165) is 22.6 Å². The molecule has 0 aliphatic heterocycles. The number of hydrogen-bond donors (Lipinski definition) is 1. The van der Waals surface area contributed by atoms with E-state index in [1.807, 2.05) is 19.9 Å². The van der Waals surface area contributed by atoms with Gasteiger partial charge in [-0.25, -0.2) is 4.98 Å². The molecule has 3 heteroatoms. The maximum atomic E-state index is 9.73. The van der Waals surface area contributed by atoms with Gasteiger partial charge in [0, 0.05) is 10.9 Å². The Kier molecular flexibility index (Phi) is 4.39. The Bertz CT molecular complexity index is 357. The average Bonchev–Trinajstić information content (AvgIpc) is 2.18. The molecule has 0 saturated carbocycles. The molecule has 0 spiro atoms. The maximum absolute atomic E-state index is 9.73. The summed E-state index contributed by atoms with van der Waals surface area (Å²) in [7, 11) is 0. The molecule has 0 aliphatic rings. The Labute approximate surface area is 102 Å². The summed E-state index contributed by atoms with van der Waals surface area (Å²) in [6.45, 7) is 10.5. The highest BCUT2D eigenvalue weighted by Crippen LogP contribution is 2.33. The van der Waals surface area contributed by atoms with Crippen LogP contribution in [-0.2, 0) is 0 Å². The van der Waals surface area contributed by atoms with Crippen molar-refractivity contribution in [3.05, 3.63) is 23.4 Å². The third kappa shape index (κ3) is 3.80. The molecule has 1 atom stereocenters. The zero-order chi connectivity index (χ0) is 12.3. The first-order chi connectivity index (χ1) is 7.33. The molecule has 1 rings (SSSR count). The fraction of sp³-hybridized carbons (Fsp3) is 0.615. The molecular formula is C13H21NOS. The number of hydrogen-bond acceptors (Lipinski definition) is 3. The SMILES string of the molecule is CC[C@@H](O)c1cnc(SC(C)(C)C)c(C)c1. The molecule has 0 aromatic carbocycles. The Morgan fingerprint density at radius 3 is 2.50 bits per heavy atom. The average molecular weight is 239 g/mol. The van der Waals surface area contributed by atoms with E-state index in [1.54, 1.807) is 18.0 Å². The Balaban J connectivity index is 2.92. The van der Waals surface area contributed by atoms with Gasteiger partial charge in [-0.2, -0.15) is 0 Å². The second kappa shape index (κ2) is 5.19. The summed E-state index contributed by atoms with van der Waals surface area (Å²) in [6.07, 6.45) is 2.13.